The molecule has 1 aliphatic rings. The molecule has 8 nitrogen and oxygen atoms in total. The van der Waals surface area contributed by atoms with Crippen molar-refractivity contribution in [2.24, 2.45) is 5.73 Å². The maximum Gasteiger partial charge on any atom is 0.339 e. The van der Waals surface area contributed by atoms with Gasteiger partial charge >= 0.3 is 22.1 Å². The number of hydrogen-bond donors (Lipinski definition) is 1. The van der Waals surface area contributed by atoms with Gasteiger partial charge in [-0.25, -0.2) is 0 Å². The van der Waals surface area contributed by atoms with Gasteiger partial charge in [-0.1, -0.05) is 78.4 Å². The lowest BCUT2D eigenvalue weighted by Gasteiger charge is -2.24. The van der Waals surface area contributed by atoms with Crippen LogP contribution in [0.25, 0.3) is 11.1 Å². The second-order valence-electron chi connectivity index (χ2n) is 10.4. The van der Waals surface area contributed by atoms with Gasteiger partial charge in [0.15, 0.2) is 0 Å². The number of nitrogens with two attached hydrogens (primary N) is 1. The predicted molar refractivity (Wildman–Crippen MR) is 162 cm³/mol. The van der Waals surface area contributed by atoms with Gasteiger partial charge in [-0.2, -0.15) is 8.42 Å². The molecule has 0 heterocycles. The average Bonchev–Trinajstić information content (AvgIpc) is 3.31. The number of esters is 2. The van der Waals surface area contributed by atoms with Crippen molar-refractivity contribution in [3.05, 3.63) is 119 Å². The van der Waals surface area contributed by atoms with Gasteiger partial charge in [-0.05, 0) is 65.9 Å². The van der Waals surface area contributed by atoms with Crippen LogP contribution in [0.1, 0.15) is 47.4 Å². The van der Waals surface area contributed by atoms with Crippen molar-refractivity contribution >= 4 is 22.1 Å². The Bertz CT molecular complexity index is 1670. The summed E-state index contributed by atoms with van der Waals surface area (Å²) < 4.78 is 41.8. The summed E-state index contributed by atoms with van der Waals surface area (Å²) in [5, 5.41) is 0. The first-order valence-electron chi connectivity index (χ1n) is 14.0. The van der Waals surface area contributed by atoms with Gasteiger partial charge in [0, 0.05) is 12.0 Å². The van der Waals surface area contributed by atoms with Gasteiger partial charge in [-0.3, -0.25) is 9.59 Å². The summed E-state index contributed by atoms with van der Waals surface area (Å²) in [6.07, 6.45) is -0.206. The highest BCUT2D eigenvalue weighted by atomic mass is 32.2. The fraction of sp³-hybridized carbons (Fsp3) is 0.235. The van der Waals surface area contributed by atoms with Crippen molar-refractivity contribution in [1.29, 1.82) is 0 Å². The monoisotopic (exact) mass is 599 g/mol. The molecule has 5 rings (SSSR count). The molecule has 0 radical (unpaired) electrons. The SMILES string of the molecule is CCOC(=O)CC(N)C(C(=O)OCC1c2ccccc2-c2ccccc21)c1ccc(OS(=O)(=O)c2ccc(C)cc2)cc1. The summed E-state index contributed by atoms with van der Waals surface area (Å²) in [5.74, 6) is -2.23. The molecule has 9 heteroatoms. The van der Waals surface area contributed by atoms with Crippen LogP contribution in [0.15, 0.2) is 102 Å². The van der Waals surface area contributed by atoms with E-state index in [2.05, 4.69) is 12.1 Å². The molecule has 0 saturated carbocycles. The third-order valence-electron chi connectivity index (χ3n) is 7.50. The van der Waals surface area contributed by atoms with Crippen LogP contribution in [-0.4, -0.2) is 39.6 Å². The Kier molecular flexibility index (Phi) is 8.94. The molecule has 1 aliphatic carbocycles. The van der Waals surface area contributed by atoms with Crippen LogP contribution < -0.4 is 9.92 Å². The number of hydrogen-bond acceptors (Lipinski definition) is 8. The van der Waals surface area contributed by atoms with Crippen LogP contribution in [0.5, 0.6) is 5.75 Å². The molecule has 4 aromatic carbocycles. The van der Waals surface area contributed by atoms with E-state index >= 15 is 0 Å². The summed E-state index contributed by atoms with van der Waals surface area (Å²) in [6, 6.07) is 27.4. The summed E-state index contributed by atoms with van der Waals surface area (Å²) in [6.45, 7) is 3.82. The van der Waals surface area contributed by atoms with E-state index in [4.69, 9.17) is 19.4 Å². The number of aryl methyl sites for hydroxylation is 1. The van der Waals surface area contributed by atoms with E-state index in [1.807, 2.05) is 43.3 Å². The van der Waals surface area contributed by atoms with Crippen molar-refractivity contribution in [2.45, 2.75) is 43.0 Å². The van der Waals surface area contributed by atoms with Crippen LogP contribution in [0.2, 0.25) is 0 Å². The van der Waals surface area contributed by atoms with E-state index in [1.165, 1.54) is 24.3 Å². The van der Waals surface area contributed by atoms with E-state index in [1.54, 1.807) is 31.2 Å². The topological polar surface area (TPSA) is 122 Å². The molecule has 0 spiro atoms. The average molecular weight is 600 g/mol. The minimum Gasteiger partial charge on any atom is -0.466 e. The zero-order valence-corrected chi connectivity index (χ0v) is 24.8. The Morgan fingerprint density at radius 3 is 1.98 bits per heavy atom. The summed E-state index contributed by atoms with van der Waals surface area (Å²) >= 11 is 0. The second kappa shape index (κ2) is 12.8. The van der Waals surface area contributed by atoms with Crippen molar-refractivity contribution in [1.82, 2.24) is 0 Å². The third kappa shape index (κ3) is 6.63. The van der Waals surface area contributed by atoms with E-state index in [-0.39, 0.29) is 36.2 Å². The summed E-state index contributed by atoms with van der Waals surface area (Å²) in [4.78, 5) is 26.0. The van der Waals surface area contributed by atoms with Gasteiger partial charge in [0.25, 0.3) is 0 Å². The Hall–Kier alpha value is -4.47. The van der Waals surface area contributed by atoms with Crippen molar-refractivity contribution < 1.29 is 31.7 Å². The minimum atomic E-state index is -4.06. The molecule has 43 heavy (non-hydrogen) atoms. The van der Waals surface area contributed by atoms with E-state index < -0.39 is 34.0 Å². The molecule has 0 saturated heterocycles. The van der Waals surface area contributed by atoms with Crippen molar-refractivity contribution in [3.8, 4) is 16.9 Å². The Morgan fingerprint density at radius 2 is 1.40 bits per heavy atom. The van der Waals surface area contributed by atoms with Gasteiger partial charge < -0.3 is 19.4 Å². The second-order valence-corrected chi connectivity index (χ2v) is 12.0. The Balaban J connectivity index is 1.36. The van der Waals surface area contributed by atoms with Crippen molar-refractivity contribution in [3.63, 3.8) is 0 Å². The predicted octanol–water partition coefficient (Wildman–Crippen LogP) is 5.48. The smallest absolute Gasteiger partial charge is 0.339 e. The lowest BCUT2D eigenvalue weighted by molar-refractivity contribution is -0.147. The Morgan fingerprint density at radius 1 is 0.814 bits per heavy atom. The number of fused-ring (bicyclic) bond motifs is 3. The van der Waals surface area contributed by atoms with E-state index in [0.717, 1.165) is 27.8 Å². The maximum atomic E-state index is 13.6. The van der Waals surface area contributed by atoms with Gasteiger partial charge in [0.1, 0.15) is 17.3 Å². The molecule has 2 atom stereocenters. The van der Waals surface area contributed by atoms with Gasteiger partial charge in [0.05, 0.1) is 18.9 Å². The first kappa shape index (κ1) is 30.0. The molecular weight excluding hydrogens is 566 g/mol. The fourth-order valence-corrected chi connectivity index (χ4v) is 6.32. The first-order chi connectivity index (χ1) is 20.7. The molecule has 0 aliphatic heterocycles. The van der Waals surface area contributed by atoms with Crippen LogP contribution in [0.3, 0.4) is 0 Å². The molecule has 0 aromatic heterocycles. The minimum absolute atomic E-state index is 0.0233. The number of carbonyl (C=O) groups excluding carboxylic acids is 2. The van der Waals surface area contributed by atoms with Crippen molar-refractivity contribution in [2.75, 3.05) is 13.2 Å². The Labute approximate surface area is 251 Å². The molecule has 0 bridgehead atoms. The number of benzene rings is 4. The highest BCUT2D eigenvalue weighted by molar-refractivity contribution is 7.87. The van der Waals surface area contributed by atoms with Crippen LogP contribution in [0.4, 0.5) is 0 Å². The van der Waals surface area contributed by atoms with Crippen LogP contribution in [-0.2, 0) is 29.2 Å². The van der Waals surface area contributed by atoms with Crippen LogP contribution >= 0.6 is 0 Å². The number of rotatable bonds is 11. The highest BCUT2D eigenvalue weighted by Crippen LogP contribution is 2.44. The summed E-state index contributed by atoms with van der Waals surface area (Å²) in [5.41, 5.74) is 12.1. The quantitative estimate of drug-likeness (QED) is 0.178. The molecule has 2 unspecified atom stereocenters. The lowest BCUT2D eigenvalue weighted by atomic mass is 9.90. The molecule has 222 valence electrons. The third-order valence-corrected chi connectivity index (χ3v) is 8.76. The molecule has 2 N–H and O–H groups in total. The zero-order valence-electron chi connectivity index (χ0n) is 23.9. The van der Waals surface area contributed by atoms with Gasteiger partial charge in [0.2, 0.25) is 0 Å². The fourth-order valence-electron chi connectivity index (χ4n) is 5.39. The molecule has 4 aromatic rings. The molecular formula is C34H33NO7S. The first-order valence-corrected chi connectivity index (χ1v) is 15.5. The zero-order chi connectivity index (χ0) is 30.6. The largest absolute Gasteiger partial charge is 0.466 e. The summed E-state index contributed by atoms with van der Waals surface area (Å²) in [7, 11) is -4.06. The normalized spacial score (nSPS) is 13.8. The van der Waals surface area contributed by atoms with Gasteiger partial charge in [-0.15, -0.1) is 0 Å². The number of ether oxygens (including phenoxy) is 2. The van der Waals surface area contributed by atoms with Crippen LogP contribution in [0, 0.1) is 6.92 Å². The number of carbonyl (C=O) groups is 2. The lowest BCUT2D eigenvalue weighted by Crippen LogP contribution is -2.37. The standard InChI is InChI=1S/C34H33NO7S/c1-3-40-32(36)20-31(35)33(23-14-16-24(17-15-23)42-43(38,39)25-18-12-22(2)13-19-25)34(37)41-21-30-28-10-6-4-8-26(28)27-9-5-7-11-29(27)30/h4-19,30-31,33H,3,20-21,35H2,1-2H3. The molecule has 0 fully saturated rings. The maximum absolute atomic E-state index is 13.6. The highest BCUT2D eigenvalue weighted by Gasteiger charge is 2.34. The van der Waals surface area contributed by atoms with E-state index in [9.17, 15) is 18.0 Å². The van der Waals surface area contributed by atoms with E-state index in [0.29, 0.717) is 5.56 Å². The molecule has 0 amide bonds.